The molecule has 0 fully saturated rings. The molecule has 0 saturated carbocycles. The Morgan fingerprint density at radius 3 is 3.14 bits per heavy atom. The summed E-state index contributed by atoms with van der Waals surface area (Å²) in [6.45, 7) is 0. The van der Waals surface area contributed by atoms with Crippen LogP contribution in [0.4, 0.5) is 0 Å². The molecule has 0 unspecified atom stereocenters. The largest absolute Gasteiger partial charge is 0.285 e. The number of ketones is 1. The van der Waals surface area contributed by atoms with Gasteiger partial charge < -0.3 is 0 Å². The van der Waals surface area contributed by atoms with E-state index < -0.39 is 0 Å². The molecule has 0 N–H and O–H groups in total. The Labute approximate surface area is 78.9 Å². The van der Waals surface area contributed by atoms with E-state index in [1.165, 1.54) is 12.7 Å². The van der Waals surface area contributed by atoms with Crippen molar-refractivity contribution in [1.82, 2.24) is 9.97 Å². The second kappa shape index (κ2) is 2.41. The molecule has 0 radical (unpaired) electrons. The third-order valence-corrected chi connectivity index (χ3v) is 2.09. The van der Waals surface area contributed by atoms with E-state index in [0.717, 1.165) is 0 Å². The Kier molecular flexibility index (Phi) is 1.25. The van der Waals surface area contributed by atoms with Crippen molar-refractivity contribution in [1.29, 1.82) is 0 Å². The Bertz CT molecular complexity index is 527. The molecule has 0 aromatic carbocycles. The van der Waals surface area contributed by atoms with E-state index in [2.05, 4.69) is 20.0 Å². The molecule has 0 bridgehead atoms. The monoisotopic (exact) mass is 184 g/mol. The smallest absolute Gasteiger partial charge is 0.232 e. The number of Topliss-reactive ketones (excluding diaryl/α,β-unsaturated/α-hetero) is 1. The lowest BCUT2D eigenvalue weighted by atomic mass is 9.99. The second-order valence-electron chi connectivity index (χ2n) is 2.91. The van der Waals surface area contributed by atoms with Crippen molar-refractivity contribution in [2.24, 2.45) is 9.98 Å². The predicted octanol–water partition coefficient (Wildman–Crippen LogP) is 0.497. The quantitative estimate of drug-likeness (QED) is 0.589. The number of allylic oxidation sites excluding steroid dienone is 1. The number of rotatable bonds is 0. The third-order valence-electron chi connectivity index (χ3n) is 2.09. The summed E-state index contributed by atoms with van der Waals surface area (Å²) in [7, 11) is 0. The lowest BCUT2D eigenvalue weighted by Gasteiger charge is -2.09. The fourth-order valence-electron chi connectivity index (χ4n) is 1.45. The number of carbonyl (C=O) groups is 1. The minimum Gasteiger partial charge on any atom is -0.285 e. The summed E-state index contributed by atoms with van der Waals surface area (Å²) in [6, 6.07) is 0. The minimum absolute atomic E-state index is 0.183. The van der Waals surface area contributed by atoms with Gasteiger partial charge in [0.25, 0.3) is 0 Å². The van der Waals surface area contributed by atoms with Crippen LogP contribution in [-0.2, 0) is 0 Å². The van der Waals surface area contributed by atoms with Gasteiger partial charge in [0, 0.05) is 11.8 Å². The molecule has 14 heavy (non-hydrogen) atoms. The van der Waals surface area contributed by atoms with Crippen LogP contribution < -0.4 is 0 Å². The zero-order chi connectivity index (χ0) is 9.54. The Balaban J connectivity index is 2.31. The van der Waals surface area contributed by atoms with E-state index >= 15 is 0 Å². The summed E-state index contributed by atoms with van der Waals surface area (Å²) in [4.78, 5) is 27.4. The third kappa shape index (κ3) is 0.806. The molecule has 5 heteroatoms. The summed E-state index contributed by atoms with van der Waals surface area (Å²) in [6.07, 6.45) is 6.08. The second-order valence-corrected chi connectivity index (χ2v) is 2.91. The van der Waals surface area contributed by atoms with Gasteiger partial charge in [0.05, 0.1) is 5.70 Å². The summed E-state index contributed by atoms with van der Waals surface area (Å²) in [5.41, 5.74) is 2.06. The van der Waals surface area contributed by atoms with Gasteiger partial charge in [0.2, 0.25) is 5.78 Å². The molecule has 2 heterocycles. The zero-order valence-corrected chi connectivity index (χ0v) is 7.01. The molecule has 0 atom stereocenters. The molecule has 66 valence electrons. The summed E-state index contributed by atoms with van der Waals surface area (Å²) in [5, 5.41) is 0. The molecule has 0 amide bonds. The number of hydrogen-bond acceptors (Lipinski definition) is 5. The summed E-state index contributed by atoms with van der Waals surface area (Å²) >= 11 is 0. The van der Waals surface area contributed by atoms with Crippen molar-refractivity contribution in [3.05, 3.63) is 29.5 Å². The lowest BCUT2D eigenvalue weighted by Crippen LogP contribution is -2.20. The van der Waals surface area contributed by atoms with E-state index in [4.69, 9.17) is 0 Å². The van der Waals surface area contributed by atoms with E-state index in [-0.39, 0.29) is 5.78 Å². The first-order valence-electron chi connectivity index (χ1n) is 4.03. The standard InChI is InChI=1S/C9H4N4O/c14-9-7-5(2-10-3-12-7)1-6-8(9)13-4-11-6/h1-4H. The highest BCUT2D eigenvalue weighted by atomic mass is 16.1. The Morgan fingerprint density at radius 2 is 2.21 bits per heavy atom. The molecule has 0 spiro atoms. The van der Waals surface area contributed by atoms with E-state index in [9.17, 15) is 4.79 Å². The van der Waals surface area contributed by atoms with E-state index in [0.29, 0.717) is 22.7 Å². The molecular weight excluding hydrogens is 180 g/mol. The zero-order valence-electron chi connectivity index (χ0n) is 7.01. The lowest BCUT2D eigenvalue weighted by molar-refractivity contribution is 0.106. The van der Waals surface area contributed by atoms with Crippen LogP contribution in [-0.4, -0.2) is 27.8 Å². The highest BCUT2D eigenvalue weighted by Crippen LogP contribution is 2.22. The van der Waals surface area contributed by atoms with Crippen LogP contribution in [0.3, 0.4) is 0 Å². The number of fused-ring (bicyclic) bond motifs is 2. The first-order chi connectivity index (χ1) is 6.86. The Hall–Kier alpha value is -2.17. The average molecular weight is 184 g/mol. The van der Waals surface area contributed by atoms with Crippen LogP contribution in [0.1, 0.15) is 16.1 Å². The molecule has 1 aliphatic heterocycles. The van der Waals surface area contributed by atoms with Gasteiger partial charge in [-0.1, -0.05) is 0 Å². The van der Waals surface area contributed by atoms with Gasteiger partial charge in [0.1, 0.15) is 24.1 Å². The fraction of sp³-hybridized carbons (Fsp3) is 0. The maximum atomic E-state index is 11.8. The molecule has 1 aliphatic carbocycles. The van der Waals surface area contributed by atoms with Crippen LogP contribution in [0.2, 0.25) is 0 Å². The molecule has 5 nitrogen and oxygen atoms in total. The number of nitrogens with zero attached hydrogens (tertiary/aromatic N) is 4. The Morgan fingerprint density at radius 1 is 1.29 bits per heavy atom. The molecule has 1 aromatic heterocycles. The van der Waals surface area contributed by atoms with Crippen molar-refractivity contribution >= 4 is 23.9 Å². The highest BCUT2D eigenvalue weighted by molar-refractivity contribution is 6.55. The van der Waals surface area contributed by atoms with Gasteiger partial charge in [0.15, 0.2) is 0 Å². The van der Waals surface area contributed by atoms with Gasteiger partial charge in [-0.15, -0.1) is 0 Å². The van der Waals surface area contributed by atoms with Crippen LogP contribution >= 0.6 is 0 Å². The maximum Gasteiger partial charge on any atom is 0.232 e. The normalized spacial score (nSPS) is 17.3. The summed E-state index contributed by atoms with van der Waals surface area (Å²) < 4.78 is 0. The molecule has 3 rings (SSSR count). The average Bonchev–Trinajstić information content (AvgIpc) is 2.66. The number of hydrogen-bond donors (Lipinski definition) is 0. The molecule has 2 aliphatic rings. The number of aromatic nitrogens is 2. The van der Waals surface area contributed by atoms with Crippen LogP contribution in [0.25, 0.3) is 6.08 Å². The fourth-order valence-corrected chi connectivity index (χ4v) is 1.45. The topological polar surface area (TPSA) is 67.6 Å². The van der Waals surface area contributed by atoms with Crippen molar-refractivity contribution in [3.63, 3.8) is 0 Å². The van der Waals surface area contributed by atoms with Crippen LogP contribution in [0, 0.1) is 0 Å². The highest BCUT2D eigenvalue weighted by Gasteiger charge is 2.28. The SMILES string of the molecule is O=C1C2=NC=NC2=Cc2cncnc21. The van der Waals surface area contributed by atoms with Gasteiger partial charge in [-0.2, -0.15) is 0 Å². The maximum absolute atomic E-state index is 11.8. The van der Waals surface area contributed by atoms with E-state index in [1.54, 1.807) is 12.3 Å². The molecule has 1 aromatic rings. The summed E-state index contributed by atoms with van der Waals surface area (Å²) in [5.74, 6) is -0.183. The first kappa shape index (κ1) is 7.25. The minimum atomic E-state index is -0.183. The predicted molar refractivity (Wildman–Crippen MR) is 50.3 cm³/mol. The van der Waals surface area contributed by atoms with Gasteiger partial charge in [-0.3, -0.25) is 4.79 Å². The molecule has 0 saturated heterocycles. The number of aliphatic imine (C=N–C) groups is 2. The van der Waals surface area contributed by atoms with Crippen molar-refractivity contribution in [2.45, 2.75) is 0 Å². The van der Waals surface area contributed by atoms with Gasteiger partial charge in [-0.25, -0.2) is 20.0 Å². The van der Waals surface area contributed by atoms with Gasteiger partial charge in [-0.05, 0) is 6.08 Å². The first-order valence-corrected chi connectivity index (χ1v) is 4.03. The van der Waals surface area contributed by atoms with E-state index in [1.807, 2.05) is 0 Å². The van der Waals surface area contributed by atoms with Crippen molar-refractivity contribution in [3.8, 4) is 0 Å². The van der Waals surface area contributed by atoms with Crippen LogP contribution in [0.15, 0.2) is 28.2 Å². The molecular formula is C9H4N4O. The number of carbonyl (C=O) groups excluding carboxylic acids is 1. The van der Waals surface area contributed by atoms with Crippen LogP contribution in [0.5, 0.6) is 0 Å². The van der Waals surface area contributed by atoms with Crippen molar-refractivity contribution < 1.29 is 4.79 Å². The van der Waals surface area contributed by atoms with Gasteiger partial charge >= 0.3 is 0 Å². The van der Waals surface area contributed by atoms with Crippen molar-refractivity contribution in [2.75, 3.05) is 0 Å².